The first-order valence-electron chi connectivity index (χ1n) is 6.68. The monoisotopic (exact) mass is 279 g/mol. The molecule has 5 heteroatoms. The normalized spacial score (nSPS) is 11.8. The van der Waals surface area contributed by atoms with E-state index in [9.17, 15) is 9.59 Å². The van der Waals surface area contributed by atoms with Gasteiger partial charge in [0.1, 0.15) is 5.75 Å². The number of benzene rings is 1. The minimum Gasteiger partial charge on any atom is -0.481 e. The average Bonchev–Trinajstić information content (AvgIpc) is 2.39. The molecule has 0 aliphatic heterocycles. The molecule has 1 rings (SSSR count). The molecule has 1 N–H and O–H groups in total. The summed E-state index contributed by atoms with van der Waals surface area (Å²) < 4.78 is 10.4. The van der Waals surface area contributed by atoms with E-state index in [0.29, 0.717) is 17.9 Å². The average molecular weight is 279 g/mol. The maximum absolute atomic E-state index is 11.7. The number of rotatable bonds is 6. The largest absolute Gasteiger partial charge is 0.481 e. The Morgan fingerprint density at radius 3 is 2.25 bits per heavy atom. The standard InChI is InChI=1S/C15H21NO4/c1-5-19-15(18)12-6-8-13(9-7-12)20-11(4)14(17)16-10(2)3/h6-11H,5H2,1-4H3,(H,16,17). The number of esters is 1. The van der Waals surface area contributed by atoms with Gasteiger partial charge in [0.25, 0.3) is 5.91 Å². The Labute approximate surface area is 119 Å². The van der Waals surface area contributed by atoms with Gasteiger partial charge in [0.05, 0.1) is 12.2 Å². The molecule has 0 spiro atoms. The second kappa shape index (κ2) is 7.53. The summed E-state index contributed by atoms with van der Waals surface area (Å²) in [5.41, 5.74) is 0.457. The van der Waals surface area contributed by atoms with E-state index in [1.807, 2.05) is 13.8 Å². The van der Waals surface area contributed by atoms with E-state index >= 15 is 0 Å². The first kappa shape index (κ1) is 16.0. The van der Waals surface area contributed by atoms with Crippen LogP contribution in [0.1, 0.15) is 38.1 Å². The third kappa shape index (κ3) is 4.91. The molecule has 0 heterocycles. The maximum Gasteiger partial charge on any atom is 0.338 e. The van der Waals surface area contributed by atoms with Crippen LogP contribution in [0.4, 0.5) is 0 Å². The molecule has 5 nitrogen and oxygen atoms in total. The predicted molar refractivity (Wildman–Crippen MR) is 75.8 cm³/mol. The summed E-state index contributed by atoms with van der Waals surface area (Å²) in [7, 11) is 0. The van der Waals surface area contributed by atoms with Crippen LogP contribution in [-0.2, 0) is 9.53 Å². The fourth-order valence-corrected chi connectivity index (χ4v) is 1.54. The van der Waals surface area contributed by atoms with Crippen molar-refractivity contribution in [1.82, 2.24) is 5.32 Å². The minimum absolute atomic E-state index is 0.0692. The molecule has 1 aromatic rings. The molecular weight excluding hydrogens is 258 g/mol. The van der Waals surface area contributed by atoms with Crippen LogP contribution in [0.5, 0.6) is 5.75 Å². The van der Waals surface area contributed by atoms with Crippen molar-refractivity contribution in [3.8, 4) is 5.75 Å². The number of carbonyl (C=O) groups is 2. The van der Waals surface area contributed by atoms with Crippen molar-refractivity contribution < 1.29 is 19.1 Å². The first-order chi connectivity index (χ1) is 9.43. The van der Waals surface area contributed by atoms with E-state index in [1.54, 1.807) is 38.1 Å². The number of hydrogen-bond acceptors (Lipinski definition) is 4. The SMILES string of the molecule is CCOC(=O)c1ccc(OC(C)C(=O)NC(C)C)cc1. The van der Waals surface area contributed by atoms with Gasteiger partial charge < -0.3 is 14.8 Å². The third-order valence-corrected chi connectivity index (χ3v) is 2.48. The molecule has 0 radical (unpaired) electrons. The van der Waals surface area contributed by atoms with Crippen LogP contribution in [0, 0.1) is 0 Å². The van der Waals surface area contributed by atoms with E-state index in [-0.39, 0.29) is 17.9 Å². The second-order valence-electron chi connectivity index (χ2n) is 4.67. The molecule has 0 aliphatic carbocycles. The molecule has 1 amide bonds. The summed E-state index contributed by atoms with van der Waals surface area (Å²) in [6.45, 7) is 7.54. The summed E-state index contributed by atoms with van der Waals surface area (Å²) in [5, 5.41) is 2.77. The van der Waals surface area contributed by atoms with Gasteiger partial charge in [-0.3, -0.25) is 4.79 Å². The Bertz CT molecular complexity index is 453. The van der Waals surface area contributed by atoms with Crippen molar-refractivity contribution >= 4 is 11.9 Å². The highest BCUT2D eigenvalue weighted by Gasteiger charge is 2.15. The summed E-state index contributed by atoms with van der Waals surface area (Å²) in [6.07, 6.45) is -0.592. The van der Waals surface area contributed by atoms with Crippen molar-refractivity contribution in [1.29, 1.82) is 0 Å². The van der Waals surface area contributed by atoms with Crippen LogP contribution in [-0.4, -0.2) is 30.6 Å². The molecule has 1 unspecified atom stereocenters. The van der Waals surface area contributed by atoms with Crippen LogP contribution in [0.3, 0.4) is 0 Å². The highest BCUT2D eigenvalue weighted by molar-refractivity contribution is 5.89. The smallest absolute Gasteiger partial charge is 0.338 e. The van der Waals surface area contributed by atoms with Gasteiger partial charge in [-0.25, -0.2) is 4.79 Å². The van der Waals surface area contributed by atoms with Crippen LogP contribution >= 0.6 is 0 Å². The number of hydrogen-bond donors (Lipinski definition) is 1. The van der Waals surface area contributed by atoms with Crippen LogP contribution < -0.4 is 10.1 Å². The zero-order chi connectivity index (χ0) is 15.1. The van der Waals surface area contributed by atoms with E-state index in [0.717, 1.165) is 0 Å². The Balaban J connectivity index is 2.61. The summed E-state index contributed by atoms with van der Waals surface area (Å²) in [4.78, 5) is 23.2. The van der Waals surface area contributed by atoms with Gasteiger partial charge in [0.2, 0.25) is 0 Å². The van der Waals surface area contributed by atoms with Crippen molar-refractivity contribution in [3.63, 3.8) is 0 Å². The zero-order valence-corrected chi connectivity index (χ0v) is 12.3. The van der Waals surface area contributed by atoms with Gasteiger partial charge in [-0.05, 0) is 52.0 Å². The zero-order valence-electron chi connectivity index (χ0n) is 12.3. The fraction of sp³-hybridized carbons (Fsp3) is 0.467. The summed E-state index contributed by atoms with van der Waals surface area (Å²) in [6, 6.07) is 6.58. The summed E-state index contributed by atoms with van der Waals surface area (Å²) in [5.74, 6) is -0.0106. The van der Waals surface area contributed by atoms with Gasteiger partial charge in [-0.15, -0.1) is 0 Å². The molecule has 20 heavy (non-hydrogen) atoms. The first-order valence-corrected chi connectivity index (χ1v) is 6.68. The van der Waals surface area contributed by atoms with Crippen LogP contribution in [0.2, 0.25) is 0 Å². The van der Waals surface area contributed by atoms with E-state index in [2.05, 4.69) is 5.32 Å². The highest BCUT2D eigenvalue weighted by atomic mass is 16.5. The van der Waals surface area contributed by atoms with Crippen molar-refractivity contribution in [3.05, 3.63) is 29.8 Å². The molecule has 0 saturated carbocycles. The summed E-state index contributed by atoms with van der Waals surface area (Å²) >= 11 is 0. The Morgan fingerprint density at radius 1 is 1.15 bits per heavy atom. The molecule has 0 aliphatic rings. The predicted octanol–water partition coefficient (Wildman–Crippen LogP) is 2.16. The van der Waals surface area contributed by atoms with Gasteiger partial charge in [0.15, 0.2) is 6.10 Å². The number of amides is 1. The van der Waals surface area contributed by atoms with Gasteiger partial charge in [0, 0.05) is 6.04 Å². The Kier molecular flexibility index (Phi) is 6.03. The minimum atomic E-state index is -0.592. The Hall–Kier alpha value is -2.04. The van der Waals surface area contributed by atoms with Gasteiger partial charge in [-0.1, -0.05) is 0 Å². The topological polar surface area (TPSA) is 64.6 Å². The Morgan fingerprint density at radius 2 is 1.75 bits per heavy atom. The van der Waals surface area contributed by atoms with Crippen molar-refractivity contribution in [2.24, 2.45) is 0 Å². The molecule has 1 aromatic carbocycles. The van der Waals surface area contributed by atoms with E-state index in [1.165, 1.54) is 0 Å². The van der Waals surface area contributed by atoms with Gasteiger partial charge >= 0.3 is 5.97 Å². The molecular formula is C15H21NO4. The lowest BCUT2D eigenvalue weighted by Gasteiger charge is -2.16. The lowest BCUT2D eigenvalue weighted by atomic mass is 10.2. The number of ether oxygens (including phenoxy) is 2. The molecule has 0 fully saturated rings. The van der Waals surface area contributed by atoms with Crippen LogP contribution in [0.25, 0.3) is 0 Å². The number of nitrogens with one attached hydrogen (secondary N) is 1. The third-order valence-electron chi connectivity index (χ3n) is 2.48. The number of carbonyl (C=O) groups excluding carboxylic acids is 2. The van der Waals surface area contributed by atoms with E-state index in [4.69, 9.17) is 9.47 Å². The molecule has 0 aromatic heterocycles. The highest BCUT2D eigenvalue weighted by Crippen LogP contribution is 2.14. The maximum atomic E-state index is 11.7. The molecule has 1 atom stereocenters. The van der Waals surface area contributed by atoms with E-state index < -0.39 is 6.10 Å². The second-order valence-corrected chi connectivity index (χ2v) is 4.67. The lowest BCUT2D eigenvalue weighted by Crippen LogP contribution is -2.40. The van der Waals surface area contributed by atoms with Crippen LogP contribution in [0.15, 0.2) is 24.3 Å². The lowest BCUT2D eigenvalue weighted by molar-refractivity contribution is -0.127. The molecule has 0 saturated heterocycles. The quantitative estimate of drug-likeness (QED) is 0.810. The van der Waals surface area contributed by atoms with Gasteiger partial charge in [-0.2, -0.15) is 0 Å². The van der Waals surface area contributed by atoms with Crippen molar-refractivity contribution in [2.45, 2.75) is 39.8 Å². The van der Waals surface area contributed by atoms with Crippen molar-refractivity contribution in [2.75, 3.05) is 6.61 Å². The fourth-order valence-electron chi connectivity index (χ4n) is 1.54. The molecule has 110 valence electrons. The molecule has 0 bridgehead atoms.